The summed E-state index contributed by atoms with van der Waals surface area (Å²) < 4.78 is 5.23. The van der Waals surface area contributed by atoms with Crippen LogP contribution < -0.4 is 15.4 Å². The monoisotopic (exact) mass is 243 g/mol. The first-order valence-corrected chi connectivity index (χ1v) is 5.77. The van der Waals surface area contributed by atoms with Gasteiger partial charge < -0.3 is 15.4 Å². The lowest BCUT2D eigenvalue weighted by Gasteiger charge is -2.20. The molecule has 2 aromatic rings. The van der Waals surface area contributed by atoms with Crippen LogP contribution in [0.4, 0.5) is 11.4 Å². The molecule has 0 aliphatic rings. The van der Waals surface area contributed by atoms with Gasteiger partial charge >= 0.3 is 0 Å². The third-order valence-electron chi connectivity index (χ3n) is 2.84. The first-order chi connectivity index (χ1) is 8.74. The molecule has 0 aliphatic carbocycles. The number of methoxy groups -OCH3 is 1. The maximum Gasteiger partial charge on any atom is 0.120 e. The molecule has 0 spiro atoms. The highest BCUT2D eigenvalue weighted by atomic mass is 16.5. The van der Waals surface area contributed by atoms with Crippen LogP contribution in [0.1, 0.15) is 5.69 Å². The third kappa shape index (κ3) is 2.60. The van der Waals surface area contributed by atoms with Crippen LogP contribution >= 0.6 is 0 Å². The van der Waals surface area contributed by atoms with Crippen molar-refractivity contribution in [2.45, 2.75) is 6.54 Å². The van der Waals surface area contributed by atoms with Crippen LogP contribution in [0.15, 0.2) is 42.6 Å². The molecule has 94 valence electrons. The quantitative estimate of drug-likeness (QED) is 0.895. The van der Waals surface area contributed by atoms with Crippen molar-refractivity contribution in [1.82, 2.24) is 4.98 Å². The predicted molar refractivity (Wildman–Crippen MR) is 73.2 cm³/mol. The zero-order chi connectivity index (χ0) is 13.0. The molecule has 0 aliphatic heterocycles. The van der Waals surface area contributed by atoms with Crippen LogP contribution in [0.2, 0.25) is 0 Å². The van der Waals surface area contributed by atoms with Crippen molar-refractivity contribution < 1.29 is 4.74 Å². The minimum absolute atomic E-state index is 0.444. The zero-order valence-corrected chi connectivity index (χ0v) is 10.6. The number of nitrogens with two attached hydrogens (primary N) is 1. The van der Waals surface area contributed by atoms with Crippen LogP contribution in [0, 0.1) is 0 Å². The van der Waals surface area contributed by atoms with Gasteiger partial charge in [-0.05, 0) is 24.3 Å². The second kappa shape index (κ2) is 5.51. The molecular formula is C14H17N3O. The number of rotatable bonds is 4. The molecule has 0 saturated carbocycles. The molecule has 0 amide bonds. The molecule has 0 fully saturated rings. The summed E-state index contributed by atoms with van der Waals surface area (Å²) >= 11 is 0. The Hall–Kier alpha value is -2.07. The summed E-state index contributed by atoms with van der Waals surface area (Å²) in [7, 11) is 3.67. The van der Waals surface area contributed by atoms with Gasteiger partial charge in [0, 0.05) is 37.2 Å². The topological polar surface area (TPSA) is 51.4 Å². The average molecular weight is 243 g/mol. The summed E-state index contributed by atoms with van der Waals surface area (Å²) in [5, 5.41) is 0. The molecule has 1 aromatic carbocycles. The van der Waals surface area contributed by atoms with E-state index in [0.29, 0.717) is 6.54 Å². The molecular weight excluding hydrogens is 226 g/mol. The molecule has 0 radical (unpaired) electrons. The highest BCUT2D eigenvalue weighted by Gasteiger charge is 2.05. The lowest BCUT2D eigenvalue weighted by molar-refractivity contribution is 0.415. The molecule has 0 atom stereocenters. The summed E-state index contributed by atoms with van der Waals surface area (Å²) in [5.74, 6) is 0.840. The first kappa shape index (κ1) is 12.4. The van der Waals surface area contributed by atoms with Gasteiger partial charge in [-0.3, -0.25) is 4.98 Å². The second-order valence-electron chi connectivity index (χ2n) is 3.97. The van der Waals surface area contributed by atoms with Crippen molar-refractivity contribution >= 4 is 11.4 Å². The second-order valence-corrected chi connectivity index (χ2v) is 3.97. The molecule has 4 heteroatoms. The van der Waals surface area contributed by atoms with Gasteiger partial charge in [-0.2, -0.15) is 0 Å². The highest BCUT2D eigenvalue weighted by Crippen LogP contribution is 2.26. The molecule has 0 bridgehead atoms. The minimum Gasteiger partial charge on any atom is -0.497 e. The van der Waals surface area contributed by atoms with E-state index in [1.54, 1.807) is 13.3 Å². The molecule has 1 heterocycles. The third-order valence-corrected chi connectivity index (χ3v) is 2.84. The minimum atomic E-state index is 0.444. The summed E-state index contributed by atoms with van der Waals surface area (Å²) in [5.41, 5.74) is 8.59. The Morgan fingerprint density at radius 3 is 2.72 bits per heavy atom. The number of benzene rings is 1. The summed E-state index contributed by atoms with van der Waals surface area (Å²) in [6.07, 6.45) is 1.77. The Balaban J connectivity index is 2.31. The van der Waals surface area contributed by atoms with Gasteiger partial charge in [-0.15, -0.1) is 0 Å². The first-order valence-electron chi connectivity index (χ1n) is 5.77. The Morgan fingerprint density at radius 1 is 1.22 bits per heavy atom. The Labute approximate surface area is 107 Å². The maximum absolute atomic E-state index is 5.60. The zero-order valence-electron chi connectivity index (χ0n) is 10.6. The van der Waals surface area contributed by atoms with Gasteiger partial charge in [-0.1, -0.05) is 6.07 Å². The molecule has 0 unspecified atom stereocenters. The van der Waals surface area contributed by atoms with E-state index in [1.165, 1.54) is 0 Å². The number of hydrogen-bond donors (Lipinski definition) is 1. The molecule has 2 N–H and O–H groups in total. The lowest BCUT2D eigenvalue weighted by Crippen LogP contribution is -2.10. The highest BCUT2D eigenvalue weighted by molar-refractivity contribution is 5.63. The van der Waals surface area contributed by atoms with Crippen molar-refractivity contribution in [1.29, 1.82) is 0 Å². The molecule has 4 nitrogen and oxygen atoms in total. The van der Waals surface area contributed by atoms with Gasteiger partial charge in [0.1, 0.15) is 5.75 Å². The van der Waals surface area contributed by atoms with Gasteiger partial charge in [-0.25, -0.2) is 0 Å². The summed E-state index contributed by atoms with van der Waals surface area (Å²) in [4.78, 5) is 6.26. The van der Waals surface area contributed by atoms with Crippen LogP contribution in [-0.4, -0.2) is 19.1 Å². The summed E-state index contributed by atoms with van der Waals surface area (Å²) in [6.45, 7) is 0.444. The number of anilines is 2. The van der Waals surface area contributed by atoms with Crippen molar-refractivity contribution in [2.75, 3.05) is 19.1 Å². The SMILES string of the molecule is COc1cccc(N(C)c2ccnc(CN)c2)c1. The van der Waals surface area contributed by atoms with E-state index in [9.17, 15) is 0 Å². The maximum atomic E-state index is 5.60. The lowest BCUT2D eigenvalue weighted by atomic mass is 10.2. The smallest absolute Gasteiger partial charge is 0.120 e. The van der Waals surface area contributed by atoms with Crippen molar-refractivity contribution in [2.24, 2.45) is 5.73 Å². The van der Waals surface area contributed by atoms with E-state index in [-0.39, 0.29) is 0 Å². The van der Waals surface area contributed by atoms with Crippen molar-refractivity contribution in [3.63, 3.8) is 0 Å². The average Bonchev–Trinajstić information content (AvgIpc) is 2.46. The molecule has 1 aromatic heterocycles. The van der Waals surface area contributed by atoms with Crippen LogP contribution in [-0.2, 0) is 6.54 Å². The fourth-order valence-corrected chi connectivity index (χ4v) is 1.75. The normalized spacial score (nSPS) is 10.2. The fraction of sp³-hybridized carbons (Fsp3) is 0.214. The van der Waals surface area contributed by atoms with Crippen LogP contribution in [0.25, 0.3) is 0 Å². The van der Waals surface area contributed by atoms with E-state index in [2.05, 4.69) is 9.88 Å². The summed E-state index contributed by atoms with van der Waals surface area (Å²) in [6, 6.07) is 11.9. The predicted octanol–water partition coefficient (Wildman–Crippen LogP) is 2.32. The Kier molecular flexibility index (Phi) is 3.79. The number of hydrogen-bond acceptors (Lipinski definition) is 4. The van der Waals surface area contributed by atoms with E-state index in [4.69, 9.17) is 10.5 Å². The van der Waals surface area contributed by atoms with E-state index < -0.39 is 0 Å². The molecule has 2 rings (SSSR count). The van der Waals surface area contributed by atoms with Crippen LogP contribution in [0.3, 0.4) is 0 Å². The Morgan fingerprint density at radius 2 is 2.00 bits per heavy atom. The fourth-order valence-electron chi connectivity index (χ4n) is 1.75. The standard InChI is InChI=1S/C14H17N3O/c1-17(12-4-3-5-14(9-12)18-2)13-6-7-16-11(8-13)10-15/h3-9H,10,15H2,1-2H3. The Bertz CT molecular complexity index is 480. The van der Waals surface area contributed by atoms with Gasteiger partial charge in [0.05, 0.1) is 12.8 Å². The number of ether oxygens (including phenoxy) is 1. The molecule has 0 saturated heterocycles. The van der Waals surface area contributed by atoms with Gasteiger partial charge in [0.2, 0.25) is 0 Å². The van der Waals surface area contributed by atoms with E-state index >= 15 is 0 Å². The van der Waals surface area contributed by atoms with E-state index in [0.717, 1.165) is 22.8 Å². The largest absolute Gasteiger partial charge is 0.497 e. The number of aromatic nitrogens is 1. The number of pyridine rings is 1. The van der Waals surface area contributed by atoms with Gasteiger partial charge in [0.25, 0.3) is 0 Å². The van der Waals surface area contributed by atoms with E-state index in [1.807, 2.05) is 43.4 Å². The van der Waals surface area contributed by atoms with Crippen LogP contribution in [0.5, 0.6) is 5.75 Å². The van der Waals surface area contributed by atoms with Crippen molar-refractivity contribution in [3.8, 4) is 5.75 Å². The van der Waals surface area contributed by atoms with Gasteiger partial charge in [0.15, 0.2) is 0 Å². The molecule has 18 heavy (non-hydrogen) atoms. The van der Waals surface area contributed by atoms with Crippen molar-refractivity contribution in [3.05, 3.63) is 48.3 Å². The number of nitrogens with zero attached hydrogens (tertiary/aromatic N) is 2.